The first-order chi connectivity index (χ1) is 8.24. The third-order valence-electron chi connectivity index (χ3n) is 3.08. The molecule has 4 nitrogen and oxygen atoms in total. The van der Waals surface area contributed by atoms with Gasteiger partial charge in [-0.15, -0.1) is 0 Å². The summed E-state index contributed by atoms with van der Waals surface area (Å²) in [5, 5.41) is 5.95. The molecule has 0 aliphatic carbocycles. The number of fused-ring (bicyclic) bond motifs is 1. The fourth-order valence-corrected chi connectivity index (χ4v) is 2.23. The van der Waals surface area contributed by atoms with Crippen LogP contribution in [-0.2, 0) is 0 Å². The molecule has 88 valence electrons. The molecule has 0 atom stereocenters. The summed E-state index contributed by atoms with van der Waals surface area (Å²) in [4.78, 5) is 6.34. The largest absolute Gasteiger partial charge is 0.302 e. The predicted octanol–water partition coefficient (Wildman–Crippen LogP) is 2.26. The van der Waals surface area contributed by atoms with Gasteiger partial charge in [0.2, 0.25) is 0 Å². The van der Waals surface area contributed by atoms with E-state index in [-0.39, 0.29) is 0 Å². The lowest BCUT2D eigenvalue weighted by Gasteiger charge is -2.22. The average molecular weight is 249 g/mol. The van der Waals surface area contributed by atoms with Crippen LogP contribution in [0.1, 0.15) is 6.42 Å². The monoisotopic (exact) mass is 248 g/mol. The number of nitrogens with zero attached hydrogens (tertiary/aromatic N) is 4. The summed E-state index contributed by atoms with van der Waals surface area (Å²) < 4.78 is 1.97. The molecule has 0 saturated heterocycles. The number of rotatable bonds is 1. The zero-order valence-corrected chi connectivity index (χ0v) is 10.4. The molecule has 0 radical (unpaired) electrons. The average Bonchev–Trinajstić information content (AvgIpc) is 2.73. The SMILES string of the molecule is CN1CC=C(n2ncc3cnc(Cl)cc32)CC1. The van der Waals surface area contributed by atoms with Gasteiger partial charge in [0.25, 0.3) is 0 Å². The van der Waals surface area contributed by atoms with Crippen LogP contribution in [-0.4, -0.2) is 39.8 Å². The summed E-state index contributed by atoms with van der Waals surface area (Å²) in [6.45, 7) is 2.03. The molecule has 3 heterocycles. The molecule has 2 aromatic heterocycles. The Kier molecular flexibility index (Phi) is 2.61. The normalized spacial score (nSPS) is 17.4. The fourth-order valence-electron chi connectivity index (χ4n) is 2.08. The van der Waals surface area contributed by atoms with Crippen LogP contribution in [0.4, 0.5) is 0 Å². The first-order valence-electron chi connectivity index (χ1n) is 5.61. The van der Waals surface area contributed by atoms with Crippen LogP contribution < -0.4 is 0 Å². The summed E-state index contributed by atoms with van der Waals surface area (Å²) in [5.41, 5.74) is 2.26. The molecule has 0 aromatic carbocycles. The minimum absolute atomic E-state index is 0.507. The summed E-state index contributed by atoms with van der Waals surface area (Å²) in [6, 6.07) is 1.86. The van der Waals surface area contributed by atoms with Gasteiger partial charge in [0.1, 0.15) is 5.15 Å². The maximum absolute atomic E-state index is 5.93. The van der Waals surface area contributed by atoms with Crippen molar-refractivity contribution in [3.63, 3.8) is 0 Å². The van der Waals surface area contributed by atoms with E-state index in [0.717, 1.165) is 30.4 Å². The van der Waals surface area contributed by atoms with Crippen molar-refractivity contribution in [2.24, 2.45) is 0 Å². The highest BCUT2D eigenvalue weighted by Gasteiger charge is 2.12. The maximum Gasteiger partial charge on any atom is 0.131 e. The molecule has 0 spiro atoms. The van der Waals surface area contributed by atoms with Crippen LogP contribution in [0.25, 0.3) is 16.6 Å². The van der Waals surface area contributed by atoms with Gasteiger partial charge in [-0.2, -0.15) is 5.10 Å². The third-order valence-corrected chi connectivity index (χ3v) is 3.29. The second kappa shape index (κ2) is 4.13. The van der Waals surface area contributed by atoms with E-state index >= 15 is 0 Å². The van der Waals surface area contributed by atoms with E-state index < -0.39 is 0 Å². The zero-order valence-electron chi connectivity index (χ0n) is 9.60. The Balaban J connectivity index is 2.08. The Morgan fingerprint density at radius 2 is 2.24 bits per heavy atom. The Morgan fingerprint density at radius 1 is 1.35 bits per heavy atom. The number of hydrogen-bond donors (Lipinski definition) is 0. The van der Waals surface area contributed by atoms with Crippen molar-refractivity contribution in [1.29, 1.82) is 0 Å². The first-order valence-corrected chi connectivity index (χ1v) is 5.99. The van der Waals surface area contributed by atoms with Crippen molar-refractivity contribution in [2.45, 2.75) is 6.42 Å². The molecule has 1 aliphatic heterocycles. The second-order valence-electron chi connectivity index (χ2n) is 4.33. The number of halogens is 1. The molecule has 0 saturated carbocycles. The van der Waals surface area contributed by atoms with Gasteiger partial charge < -0.3 is 4.90 Å². The lowest BCUT2D eigenvalue weighted by atomic mass is 10.2. The van der Waals surface area contributed by atoms with Crippen molar-refractivity contribution < 1.29 is 0 Å². The molecule has 3 rings (SSSR count). The van der Waals surface area contributed by atoms with Crippen LogP contribution in [0, 0.1) is 0 Å². The molecule has 0 unspecified atom stereocenters. The maximum atomic E-state index is 5.93. The summed E-state index contributed by atoms with van der Waals surface area (Å²) in [5.74, 6) is 0. The molecule has 17 heavy (non-hydrogen) atoms. The van der Waals surface area contributed by atoms with E-state index in [4.69, 9.17) is 11.6 Å². The Morgan fingerprint density at radius 3 is 3.00 bits per heavy atom. The van der Waals surface area contributed by atoms with E-state index in [1.54, 1.807) is 6.20 Å². The van der Waals surface area contributed by atoms with Gasteiger partial charge in [-0.1, -0.05) is 11.6 Å². The van der Waals surface area contributed by atoms with Gasteiger partial charge in [0.15, 0.2) is 0 Å². The summed E-state index contributed by atoms with van der Waals surface area (Å²) in [6.07, 6.45) is 6.81. The molecule has 0 bridgehead atoms. The predicted molar refractivity (Wildman–Crippen MR) is 68.9 cm³/mol. The molecule has 0 N–H and O–H groups in total. The van der Waals surface area contributed by atoms with Crippen molar-refractivity contribution in [1.82, 2.24) is 19.7 Å². The molecule has 0 amide bonds. The van der Waals surface area contributed by atoms with E-state index in [1.165, 1.54) is 5.70 Å². The van der Waals surface area contributed by atoms with Gasteiger partial charge in [-0.25, -0.2) is 9.67 Å². The third kappa shape index (κ3) is 1.94. The molecule has 2 aromatic rings. The van der Waals surface area contributed by atoms with Crippen LogP contribution in [0.2, 0.25) is 5.15 Å². The van der Waals surface area contributed by atoms with Crippen molar-refractivity contribution in [2.75, 3.05) is 20.1 Å². The van der Waals surface area contributed by atoms with Gasteiger partial charge in [0, 0.05) is 42.9 Å². The lowest BCUT2D eigenvalue weighted by molar-refractivity contribution is 0.366. The Labute approximate surface area is 104 Å². The Hall–Kier alpha value is -1.39. The van der Waals surface area contributed by atoms with E-state index in [2.05, 4.69) is 28.1 Å². The number of pyridine rings is 1. The molecule has 1 aliphatic rings. The van der Waals surface area contributed by atoms with Gasteiger partial charge >= 0.3 is 0 Å². The second-order valence-corrected chi connectivity index (χ2v) is 4.72. The molecular formula is C12H13ClN4. The van der Waals surface area contributed by atoms with Gasteiger partial charge in [-0.3, -0.25) is 0 Å². The standard InChI is InChI=1S/C12H13ClN4/c1-16-4-2-10(3-5-16)17-11-6-12(13)14-7-9(11)8-15-17/h2,6-8H,3-5H2,1H3. The van der Waals surface area contributed by atoms with Crippen LogP contribution in [0.3, 0.4) is 0 Å². The number of hydrogen-bond acceptors (Lipinski definition) is 3. The topological polar surface area (TPSA) is 34.0 Å². The minimum atomic E-state index is 0.507. The lowest BCUT2D eigenvalue weighted by Crippen LogP contribution is -2.25. The molecular weight excluding hydrogens is 236 g/mol. The van der Waals surface area contributed by atoms with Crippen molar-refractivity contribution >= 4 is 28.2 Å². The van der Waals surface area contributed by atoms with Gasteiger partial charge in [0.05, 0.1) is 11.7 Å². The molecule has 0 fully saturated rings. The fraction of sp³-hybridized carbons (Fsp3) is 0.333. The number of likely N-dealkylation sites (N-methyl/N-ethyl adjacent to an activating group) is 1. The van der Waals surface area contributed by atoms with Gasteiger partial charge in [-0.05, 0) is 13.1 Å². The van der Waals surface area contributed by atoms with Crippen molar-refractivity contribution in [3.05, 3.63) is 29.7 Å². The quantitative estimate of drug-likeness (QED) is 0.726. The Bertz CT molecular complexity index is 587. The molecule has 5 heteroatoms. The van der Waals surface area contributed by atoms with E-state index in [1.807, 2.05) is 16.9 Å². The van der Waals surface area contributed by atoms with E-state index in [0.29, 0.717) is 5.15 Å². The number of aromatic nitrogens is 3. The van der Waals surface area contributed by atoms with Crippen LogP contribution >= 0.6 is 11.6 Å². The first kappa shape index (κ1) is 10.7. The van der Waals surface area contributed by atoms with Crippen molar-refractivity contribution in [3.8, 4) is 0 Å². The minimum Gasteiger partial charge on any atom is -0.302 e. The van der Waals surface area contributed by atoms with Crippen LogP contribution in [0.15, 0.2) is 24.5 Å². The zero-order chi connectivity index (χ0) is 11.8. The van der Waals surface area contributed by atoms with Crippen LogP contribution in [0.5, 0.6) is 0 Å². The highest BCUT2D eigenvalue weighted by molar-refractivity contribution is 6.30. The highest BCUT2D eigenvalue weighted by atomic mass is 35.5. The smallest absolute Gasteiger partial charge is 0.131 e. The summed E-state index contributed by atoms with van der Waals surface area (Å²) in [7, 11) is 2.12. The summed E-state index contributed by atoms with van der Waals surface area (Å²) >= 11 is 5.93. The van der Waals surface area contributed by atoms with E-state index in [9.17, 15) is 0 Å². The highest BCUT2D eigenvalue weighted by Crippen LogP contribution is 2.22.